The van der Waals surface area contributed by atoms with Crippen molar-refractivity contribution < 1.29 is 9.18 Å². The van der Waals surface area contributed by atoms with E-state index < -0.39 is 5.91 Å². The van der Waals surface area contributed by atoms with E-state index in [-0.39, 0.29) is 5.82 Å². The van der Waals surface area contributed by atoms with Gasteiger partial charge in [0.05, 0.1) is 11.3 Å². The molecule has 2 aromatic rings. The van der Waals surface area contributed by atoms with Crippen molar-refractivity contribution in [1.82, 2.24) is 0 Å². The van der Waals surface area contributed by atoms with Gasteiger partial charge in [-0.05, 0) is 24.3 Å². The lowest BCUT2D eigenvalue weighted by molar-refractivity contribution is 0.100. The number of hydrogen-bond acceptors (Lipinski definition) is 3. The number of carbonyl (C=O) groups excluding carboxylic acids is 1. The summed E-state index contributed by atoms with van der Waals surface area (Å²) in [5.41, 5.74) is 6.05. The Labute approximate surface area is 116 Å². The van der Waals surface area contributed by atoms with E-state index >= 15 is 0 Å². The second kappa shape index (κ2) is 5.49. The maximum Gasteiger partial charge on any atom is 0.249 e. The van der Waals surface area contributed by atoms with Crippen molar-refractivity contribution in [2.45, 2.75) is 6.54 Å². The highest BCUT2D eigenvalue weighted by Crippen LogP contribution is 2.22. The monoisotopic (exact) mass is 328 g/mol. The Morgan fingerprint density at radius 1 is 1.44 bits per heavy atom. The van der Waals surface area contributed by atoms with Crippen LogP contribution in [0.15, 0.2) is 34.1 Å². The number of nitrogens with two attached hydrogens (primary N) is 1. The molecule has 0 radical (unpaired) electrons. The predicted molar refractivity (Wildman–Crippen MR) is 74.3 cm³/mol. The van der Waals surface area contributed by atoms with Crippen LogP contribution >= 0.6 is 27.3 Å². The van der Waals surface area contributed by atoms with Crippen LogP contribution in [-0.4, -0.2) is 5.91 Å². The van der Waals surface area contributed by atoms with E-state index in [2.05, 4.69) is 21.2 Å². The van der Waals surface area contributed by atoms with Crippen LogP contribution in [0.2, 0.25) is 0 Å². The summed E-state index contributed by atoms with van der Waals surface area (Å²) in [6.45, 7) is 0.450. The molecule has 94 valence electrons. The highest BCUT2D eigenvalue weighted by atomic mass is 79.9. The van der Waals surface area contributed by atoms with Gasteiger partial charge in [-0.2, -0.15) is 0 Å². The third kappa shape index (κ3) is 3.08. The highest BCUT2D eigenvalue weighted by molar-refractivity contribution is 9.10. The second-order valence-corrected chi connectivity index (χ2v) is 5.56. The molecule has 1 aromatic carbocycles. The topological polar surface area (TPSA) is 55.1 Å². The van der Waals surface area contributed by atoms with E-state index in [1.165, 1.54) is 17.4 Å². The van der Waals surface area contributed by atoms with Crippen LogP contribution in [0.25, 0.3) is 0 Å². The Kier molecular flexibility index (Phi) is 3.98. The van der Waals surface area contributed by atoms with Gasteiger partial charge in [0.15, 0.2) is 0 Å². The number of carbonyl (C=O) groups is 1. The molecule has 0 aliphatic heterocycles. The number of hydrogen-bond donors (Lipinski definition) is 2. The average molecular weight is 329 g/mol. The van der Waals surface area contributed by atoms with Crippen molar-refractivity contribution in [2.75, 3.05) is 5.32 Å². The fraction of sp³-hybridized carbons (Fsp3) is 0.0833. The van der Waals surface area contributed by atoms with Crippen molar-refractivity contribution in [3.63, 3.8) is 0 Å². The summed E-state index contributed by atoms with van der Waals surface area (Å²) in [6.07, 6.45) is 0. The van der Waals surface area contributed by atoms with Gasteiger partial charge in [-0.15, -0.1) is 11.3 Å². The van der Waals surface area contributed by atoms with Gasteiger partial charge >= 0.3 is 0 Å². The van der Waals surface area contributed by atoms with Crippen molar-refractivity contribution >= 4 is 38.9 Å². The van der Waals surface area contributed by atoms with Crippen LogP contribution in [0, 0.1) is 5.82 Å². The molecular weight excluding hydrogens is 319 g/mol. The van der Waals surface area contributed by atoms with E-state index in [9.17, 15) is 9.18 Å². The molecule has 0 fully saturated rings. The van der Waals surface area contributed by atoms with Gasteiger partial charge in [0.25, 0.3) is 0 Å². The molecule has 0 atom stereocenters. The minimum atomic E-state index is -0.453. The Morgan fingerprint density at radius 3 is 2.89 bits per heavy atom. The first kappa shape index (κ1) is 13.0. The van der Waals surface area contributed by atoms with Gasteiger partial charge < -0.3 is 11.1 Å². The molecule has 0 aliphatic carbocycles. The summed E-state index contributed by atoms with van der Waals surface area (Å²) in [5, 5.41) is 4.67. The number of amides is 1. The molecule has 2 rings (SSSR count). The Hall–Kier alpha value is -1.40. The van der Waals surface area contributed by atoms with Crippen LogP contribution in [0.4, 0.5) is 10.1 Å². The fourth-order valence-corrected chi connectivity index (χ4v) is 2.59. The van der Waals surface area contributed by atoms with Gasteiger partial charge in [0, 0.05) is 21.3 Å². The Morgan fingerprint density at radius 2 is 2.22 bits per heavy atom. The maximum atomic E-state index is 13.5. The smallest absolute Gasteiger partial charge is 0.249 e. The summed E-state index contributed by atoms with van der Waals surface area (Å²) in [4.78, 5) is 11.8. The summed E-state index contributed by atoms with van der Waals surface area (Å²) < 4.78 is 14.3. The number of halogens is 2. The SMILES string of the molecule is NC(=O)c1csc(CNc2cc(Br)ccc2F)c1. The van der Waals surface area contributed by atoms with Gasteiger partial charge in [0.1, 0.15) is 5.82 Å². The summed E-state index contributed by atoms with van der Waals surface area (Å²) in [7, 11) is 0. The summed E-state index contributed by atoms with van der Waals surface area (Å²) >= 11 is 4.69. The third-order valence-electron chi connectivity index (χ3n) is 2.32. The molecule has 0 aliphatic rings. The van der Waals surface area contributed by atoms with Crippen LogP contribution in [-0.2, 0) is 6.54 Å². The molecule has 0 saturated carbocycles. The molecule has 0 bridgehead atoms. The van der Waals surface area contributed by atoms with Crippen molar-refractivity contribution in [2.24, 2.45) is 5.73 Å². The molecule has 0 saturated heterocycles. The van der Waals surface area contributed by atoms with Gasteiger partial charge in [-0.3, -0.25) is 4.79 Å². The molecule has 6 heteroatoms. The summed E-state index contributed by atoms with van der Waals surface area (Å²) in [6, 6.07) is 6.39. The molecule has 1 amide bonds. The quantitative estimate of drug-likeness (QED) is 0.904. The lowest BCUT2D eigenvalue weighted by Crippen LogP contribution is -2.09. The lowest BCUT2D eigenvalue weighted by Gasteiger charge is -2.06. The first-order valence-electron chi connectivity index (χ1n) is 5.12. The second-order valence-electron chi connectivity index (χ2n) is 3.64. The van der Waals surface area contributed by atoms with Crippen molar-refractivity contribution in [3.05, 3.63) is 50.4 Å². The molecule has 1 aromatic heterocycles. The zero-order valence-electron chi connectivity index (χ0n) is 9.24. The lowest BCUT2D eigenvalue weighted by atomic mass is 10.3. The normalized spacial score (nSPS) is 10.3. The number of nitrogens with one attached hydrogen (secondary N) is 1. The van der Waals surface area contributed by atoms with Crippen LogP contribution in [0.1, 0.15) is 15.2 Å². The van der Waals surface area contributed by atoms with Crippen LogP contribution in [0.5, 0.6) is 0 Å². The Bertz CT molecular complexity index is 585. The van der Waals surface area contributed by atoms with Crippen LogP contribution < -0.4 is 11.1 Å². The molecule has 1 heterocycles. The first-order valence-corrected chi connectivity index (χ1v) is 6.79. The van der Waals surface area contributed by atoms with E-state index in [0.717, 1.165) is 9.35 Å². The number of benzene rings is 1. The molecule has 0 spiro atoms. The van der Waals surface area contributed by atoms with E-state index in [1.54, 1.807) is 23.6 Å². The number of thiophene rings is 1. The number of rotatable bonds is 4. The maximum absolute atomic E-state index is 13.5. The van der Waals surface area contributed by atoms with Gasteiger partial charge in [0.2, 0.25) is 5.91 Å². The fourth-order valence-electron chi connectivity index (χ4n) is 1.42. The molecule has 3 N–H and O–H groups in total. The van der Waals surface area contributed by atoms with Gasteiger partial charge in [-0.25, -0.2) is 4.39 Å². The van der Waals surface area contributed by atoms with Crippen molar-refractivity contribution in [1.29, 1.82) is 0 Å². The minimum absolute atomic E-state index is 0.315. The summed E-state index contributed by atoms with van der Waals surface area (Å²) in [5.74, 6) is -0.768. The zero-order chi connectivity index (χ0) is 13.1. The zero-order valence-corrected chi connectivity index (χ0v) is 11.6. The number of primary amides is 1. The largest absolute Gasteiger partial charge is 0.378 e. The van der Waals surface area contributed by atoms with E-state index in [0.29, 0.717) is 17.8 Å². The van der Waals surface area contributed by atoms with E-state index in [1.807, 2.05) is 0 Å². The predicted octanol–water partition coefficient (Wildman–Crippen LogP) is 3.36. The van der Waals surface area contributed by atoms with Crippen molar-refractivity contribution in [3.8, 4) is 0 Å². The first-order chi connectivity index (χ1) is 8.56. The molecular formula is C12H10BrFN2OS. The molecule has 3 nitrogen and oxygen atoms in total. The van der Waals surface area contributed by atoms with E-state index in [4.69, 9.17) is 5.73 Å². The third-order valence-corrected chi connectivity index (χ3v) is 3.75. The standard InChI is InChI=1S/C12H10BrFN2OS/c13-8-1-2-10(14)11(4-8)16-5-9-3-7(6-18-9)12(15)17/h1-4,6,16H,5H2,(H2,15,17). The number of anilines is 1. The molecule has 18 heavy (non-hydrogen) atoms. The highest BCUT2D eigenvalue weighted by Gasteiger charge is 2.06. The average Bonchev–Trinajstić information content (AvgIpc) is 2.79. The van der Waals surface area contributed by atoms with Gasteiger partial charge in [-0.1, -0.05) is 15.9 Å². The minimum Gasteiger partial charge on any atom is -0.378 e. The molecule has 0 unspecified atom stereocenters. The Balaban J connectivity index is 2.06. The van der Waals surface area contributed by atoms with Crippen LogP contribution in [0.3, 0.4) is 0 Å².